The van der Waals surface area contributed by atoms with E-state index in [1.54, 1.807) is 6.26 Å². The van der Waals surface area contributed by atoms with Crippen LogP contribution in [0.15, 0.2) is 21.8 Å². The fourth-order valence-electron chi connectivity index (χ4n) is 2.63. The Morgan fingerprint density at radius 3 is 2.60 bits per heavy atom. The third kappa shape index (κ3) is 6.74. The minimum atomic E-state index is -0.143. The molecule has 2 N–H and O–H groups in total. The molecular formula is C17H32IN5O2. The van der Waals surface area contributed by atoms with Gasteiger partial charge in [-0.2, -0.15) is 0 Å². The van der Waals surface area contributed by atoms with Crippen LogP contribution in [-0.2, 0) is 6.54 Å². The molecule has 2 heterocycles. The number of nitrogens with one attached hydrogen (secondary N) is 1. The van der Waals surface area contributed by atoms with Crippen molar-refractivity contribution < 1.29 is 9.63 Å². The van der Waals surface area contributed by atoms with E-state index in [4.69, 9.17) is 9.52 Å². The van der Waals surface area contributed by atoms with E-state index in [0.29, 0.717) is 6.54 Å². The van der Waals surface area contributed by atoms with Crippen LogP contribution in [0.4, 0.5) is 0 Å². The maximum atomic E-state index is 9.57. The Kier molecular flexibility index (Phi) is 9.73. The number of aromatic nitrogens is 1. The maximum Gasteiger partial charge on any atom is 0.194 e. The van der Waals surface area contributed by atoms with Gasteiger partial charge in [0.25, 0.3) is 0 Å². The molecule has 25 heavy (non-hydrogen) atoms. The van der Waals surface area contributed by atoms with Crippen molar-refractivity contribution in [3.63, 3.8) is 0 Å². The molecule has 0 aliphatic carbocycles. The summed E-state index contributed by atoms with van der Waals surface area (Å²) < 4.78 is 4.90. The van der Waals surface area contributed by atoms with Crippen LogP contribution >= 0.6 is 24.0 Å². The Bertz CT molecular complexity index is 497. The van der Waals surface area contributed by atoms with Gasteiger partial charge in [0.15, 0.2) is 5.96 Å². The summed E-state index contributed by atoms with van der Waals surface area (Å²) in [4.78, 5) is 9.46. The number of hydrogen-bond donors (Lipinski definition) is 2. The average Bonchev–Trinajstić information content (AvgIpc) is 3.12. The van der Waals surface area contributed by atoms with Crippen LogP contribution in [0.25, 0.3) is 0 Å². The Morgan fingerprint density at radius 2 is 2.08 bits per heavy atom. The van der Waals surface area contributed by atoms with Crippen molar-refractivity contribution in [3.05, 3.63) is 18.0 Å². The van der Waals surface area contributed by atoms with Crippen LogP contribution in [0.1, 0.15) is 32.9 Å². The summed E-state index contributed by atoms with van der Waals surface area (Å²) in [6.07, 6.45) is 2.53. The summed E-state index contributed by atoms with van der Waals surface area (Å²) in [5, 5.41) is 16.9. The summed E-state index contributed by atoms with van der Waals surface area (Å²) in [5.74, 6) is 0.951. The van der Waals surface area contributed by atoms with Gasteiger partial charge < -0.3 is 19.8 Å². The molecule has 1 aromatic rings. The molecule has 1 unspecified atom stereocenters. The molecule has 144 valence electrons. The minimum absolute atomic E-state index is 0. The highest BCUT2D eigenvalue weighted by molar-refractivity contribution is 14.0. The summed E-state index contributed by atoms with van der Waals surface area (Å²) in [5.41, 5.74) is 0.834. The van der Waals surface area contributed by atoms with Gasteiger partial charge in [-0.25, -0.2) is 0 Å². The van der Waals surface area contributed by atoms with Crippen molar-refractivity contribution in [3.8, 4) is 0 Å². The first kappa shape index (κ1) is 22.2. The van der Waals surface area contributed by atoms with Gasteiger partial charge in [-0.1, -0.05) is 19.0 Å². The summed E-state index contributed by atoms with van der Waals surface area (Å²) in [7, 11) is 0. The molecule has 0 radical (unpaired) electrons. The van der Waals surface area contributed by atoms with Crippen molar-refractivity contribution in [2.24, 2.45) is 10.4 Å². The average molecular weight is 465 g/mol. The molecule has 2 rings (SSSR count). The molecule has 0 bridgehead atoms. The summed E-state index contributed by atoms with van der Waals surface area (Å²) in [6, 6.07) is 1.92. The molecule has 0 amide bonds. The fourth-order valence-corrected chi connectivity index (χ4v) is 2.63. The van der Waals surface area contributed by atoms with Crippen molar-refractivity contribution in [1.82, 2.24) is 20.3 Å². The standard InChI is InChI=1S/C17H31N5O2.HI/c1-4-17(3,14-23)13-19-16(18-5-2)22-9-7-21(8-10-22)12-15-6-11-24-20-15;/h6,11,23H,4-5,7-10,12-14H2,1-3H3,(H,18,19);1H. The molecule has 0 spiro atoms. The Hall–Kier alpha value is -0.870. The number of nitrogens with zero attached hydrogens (tertiary/aromatic N) is 4. The predicted octanol–water partition coefficient (Wildman–Crippen LogP) is 1.78. The number of aliphatic imine (C=N–C) groups is 1. The normalized spacial score (nSPS) is 18.6. The fraction of sp³-hybridized carbons (Fsp3) is 0.765. The third-order valence-corrected chi connectivity index (χ3v) is 4.73. The number of piperazine rings is 1. The minimum Gasteiger partial charge on any atom is -0.396 e. The van der Waals surface area contributed by atoms with Crippen molar-refractivity contribution >= 4 is 29.9 Å². The molecule has 1 aliphatic rings. The Labute approximate surface area is 167 Å². The third-order valence-electron chi connectivity index (χ3n) is 4.73. The lowest BCUT2D eigenvalue weighted by atomic mass is 9.89. The van der Waals surface area contributed by atoms with E-state index in [1.807, 2.05) is 6.07 Å². The zero-order valence-corrected chi connectivity index (χ0v) is 17.9. The summed E-state index contributed by atoms with van der Waals surface area (Å²) in [6.45, 7) is 12.6. The molecule has 0 saturated carbocycles. The largest absolute Gasteiger partial charge is 0.396 e. The lowest BCUT2D eigenvalue weighted by Crippen LogP contribution is -2.52. The molecule has 8 heteroatoms. The van der Waals surface area contributed by atoms with E-state index in [9.17, 15) is 5.11 Å². The number of rotatable bonds is 7. The highest BCUT2D eigenvalue weighted by Gasteiger charge is 2.23. The molecule has 1 atom stereocenters. The van der Waals surface area contributed by atoms with Gasteiger partial charge in [0, 0.05) is 50.7 Å². The molecule has 0 aromatic carbocycles. The van der Waals surface area contributed by atoms with E-state index in [1.165, 1.54) is 0 Å². The Morgan fingerprint density at radius 1 is 1.36 bits per heavy atom. The van der Waals surface area contributed by atoms with Crippen LogP contribution in [-0.4, -0.2) is 71.9 Å². The smallest absolute Gasteiger partial charge is 0.194 e. The quantitative estimate of drug-likeness (QED) is 0.363. The Balaban J connectivity index is 0.00000312. The van der Waals surface area contributed by atoms with E-state index in [-0.39, 0.29) is 36.0 Å². The van der Waals surface area contributed by atoms with E-state index >= 15 is 0 Å². The topological polar surface area (TPSA) is 77.1 Å². The number of hydrogen-bond acceptors (Lipinski definition) is 5. The zero-order valence-electron chi connectivity index (χ0n) is 15.6. The van der Waals surface area contributed by atoms with Crippen LogP contribution < -0.4 is 5.32 Å². The number of aliphatic hydroxyl groups is 1. The van der Waals surface area contributed by atoms with Crippen LogP contribution in [0.2, 0.25) is 0 Å². The van der Waals surface area contributed by atoms with Crippen molar-refractivity contribution in [2.45, 2.75) is 33.7 Å². The van der Waals surface area contributed by atoms with Crippen molar-refractivity contribution in [1.29, 1.82) is 0 Å². The highest BCUT2D eigenvalue weighted by atomic mass is 127. The van der Waals surface area contributed by atoms with E-state index in [2.05, 4.69) is 41.0 Å². The second-order valence-electron chi connectivity index (χ2n) is 6.75. The molecule has 7 nitrogen and oxygen atoms in total. The number of halogens is 1. The van der Waals surface area contributed by atoms with E-state index < -0.39 is 0 Å². The van der Waals surface area contributed by atoms with Crippen molar-refractivity contribution in [2.75, 3.05) is 45.9 Å². The lowest BCUT2D eigenvalue weighted by molar-refractivity contribution is 0.144. The van der Waals surface area contributed by atoms with E-state index in [0.717, 1.165) is 57.3 Å². The first-order valence-electron chi connectivity index (χ1n) is 8.86. The lowest BCUT2D eigenvalue weighted by Gasteiger charge is -2.36. The molecule has 1 saturated heterocycles. The zero-order chi connectivity index (χ0) is 17.4. The van der Waals surface area contributed by atoms with Gasteiger partial charge in [-0.3, -0.25) is 9.89 Å². The number of guanidine groups is 1. The van der Waals surface area contributed by atoms with Crippen LogP contribution in [0.5, 0.6) is 0 Å². The van der Waals surface area contributed by atoms with Gasteiger partial charge in [-0.15, -0.1) is 24.0 Å². The van der Waals surface area contributed by atoms with Gasteiger partial charge in [0.05, 0.1) is 18.8 Å². The molecule has 1 aliphatic heterocycles. The highest BCUT2D eigenvalue weighted by Crippen LogP contribution is 2.20. The van der Waals surface area contributed by atoms with Gasteiger partial charge in [0.2, 0.25) is 0 Å². The predicted molar refractivity (Wildman–Crippen MR) is 110 cm³/mol. The van der Waals surface area contributed by atoms with Gasteiger partial charge in [-0.05, 0) is 13.3 Å². The second kappa shape index (κ2) is 11.0. The SMILES string of the molecule is CCNC(=NCC(C)(CC)CO)N1CCN(Cc2ccon2)CC1.I. The molecular weight excluding hydrogens is 433 g/mol. The monoisotopic (exact) mass is 465 g/mol. The van der Waals surface area contributed by atoms with Crippen LogP contribution in [0.3, 0.4) is 0 Å². The van der Waals surface area contributed by atoms with Gasteiger partial charge >= 0.3 is 0 Å². The van der Waals surface area contributed by atoms with Gasteiger partial charge in [0.1, 0.15) is 6.26 Å². The first-order chi connectivity index (χ1) is 11.6. The number of aliphatic hydroxyl groups excluding tert-OH is 1. The molecule has 1 fully saturated rings. The second-order valence-corrected chi connectivity index (χ2v) is 6.75. The first-order valence-corrected chi connectivity index (χ1v) is 8.86. The maximum absolute atomic E-state index is 9.57. The summed E-state index contributed by atoms with van der Waals surface area (Å²) >= 11 is 0. The van der Waals surface area contributed by atoms with Crippen LogP contribution in [0, 0.1) is 5.41 Å². The molecule has 1 aromatic heterocycles.